The van der Waals surface area contributed by atoms with E-state index in [-0.39, 0.29) is 11.2 Å². The number of aryl methyl sites for hydroxylation is 1. The molecule has 1 aromatic heterocycles. The van der Waals surface area contributed by atoms with Crippen molar-refractivity contribution in [3.05, 3.63) is 29.8 Å². The van der Waals surface area contributed by atoms with Gasteiger partial charge in [0.2, 0.25) is 0 Å². The first-order chi connectivity index (χ1) is 9.36. The summed E-state index contributed by atoms with van der Waals surface area (Å²) in [4.78, 5) is 0. The molecule has 108 valence electrons. The van der Waals surface area contributed by atoms with Gasteiger partial charge in [-0.3, -0.25) is 4.57 Å². The van der Waals surface area contributed by atoms with E-state index in [4.69, 9.17) is 5.14 Å². The van der Waals surface area contributed by atoms with E-state index in [1.807, 2.05) is 45.0 Å². The fraction of sp³-hybridized carbons (Fsp3) is 0.385. The Morgan fingerprint density at radius 2 is 1.90 bits per heavy atom. The van der Waals surface area contributed by atoms with Crippen LogP contribution in [0, 0.1) is 0 Å². The van der Waals surface area contributed by atoms with Crippen LogP contribution in [0.25, 0.3) is 11.4 Å². The monoisotopic (exact) mass is 294 g/mol. The number of aromatic nitrogens is 3. The minimum atomic E-state index is -3.90. The highest BCUT2D eigenvalue weighted by Crippen LogP contribution is 2.27. The fourth-order valence-corrected chi connectivity index (χ4v) is 2.89. The normalized spacial score (nSPS) is 12.1. The Labute approximate surface area is 118 Å². The van der Waals surface area contributed by atoms with E-state index in [2.05, 4.69) is 10.2 Å². The fourth-order valence-electron chi connectivity index (χ4n) is 2.17. The van der Waals surface area contributed by atoms with Crippen LogP contribution in [0.15, 0.2) is 29.4 Å². The summed E-state index contributed by atoms with van der Waals surface area (Å²) in [6.45, 7) is 5.78. The second-order valence-corrected chi connectivity index (χ2v) is 6.28. The van der Waals surface area contributed by atoms with Crippen LogP contribution < -0.4 is 5.14 Å². The third-order valence-electron chi connectivity index (χ3n) is 3.07. The predicted octanol–water partition coefficient (Wildman–Crippen LogP) is 1.74. The maximum absolute atomic E-state index is 11.6. The summed E-state index contributed by atoms with van der Waals surface area (Å²) in [5, 5.41) is 12.8. The molecule has 0 spiro atoms. The molecule has 0 amide bonds. The van der Waals surface area contributed by atoms with Crippen molar-refractivity contribution >= 4 is 10.0 Å². The highest BCUT2D eigenvalue weighted by Gasteiger charge is 2.24. The van der Waals surface area contributed by atoms with Crippen LogP contribution in [0.2, 0.25) is 0 Å². The average Bonchev–Trinajstić information content (AvgIpc) is 2.83. The summed E-state index contributed by atoms with van der Waals surface area (Å²) in [6, 6.07) is 7.63. The molecule has 0 unspecified atom stereocenters. The molecule has 6 nitrogen and oxygen atoms in total. The lowest BCUT2D eigenvalue weighted by Crippen LogP contribution is -2.20. The number of sulfonamides is 1. The van der Waals surface area contributed by atoms with Crippen LogP contribution in [0.3, 0.4) is 0 Å². The molecule has 1 aromatic carbocycles. The Morgan fingerprint density at radius 1 is 1.25 bits per heavy atom. The number of hydrogen-bond donors (Lipinski definition) is 1. The van der Waals surface area contributed by atoms with Crippen LogP contribution in [-0.4, -0.2) is 23.2 Å². The van der Waals surface area contributed by atoms with Gasteiger partial charge in [-0.25, -0.2) is 13.6 Å². The molecule has 2 aromatic rings. The van der Waals surface area contributed by atoms with Gasteiger partial charge in [-0.2, -0.15) is 0 Å². The smallest absolute Gasteiger partial charge is 0.273 e. The molecule has 0 saturated heterocycles. The SMILES string of the molecule is CCc1ccccc1-c1nnc(S(N)(=O)=O)n1C(C)C. The van der Waals surface area contributed by atoms with Crippen LogP contribution in [0.1, 0.15) is 32.4 Å². The number of hydrogen-bond acceptors (Lipinski definition) is 4. The highest BCUT2D eigenvalue weighted by molar-refractivity contribution is 7.89. The molecular formula is C13H18N4O2S. The van der Waals surface area contributed by atoms with E-state index < -0.39 is 10.0 Å². The van der Waals surface area contributed by atoms with Crippen molar-refractivity contribution in [2.45, 2.75) is 38.4 Å². The number of benzene rings is 1. The lowest BCUT2D eigenvalue weighted by molar-refractivity contribution is 0.524. The predicted molar refractivity (Wildman–Crippen MR) is 76.6 cm³/mol. The maximum atomic E-state index is 11.6. The zero-order valence-electron chi connectivity index (χ0n) is 11.7. The highest BCUT2D eigenvalue weighted by atomic mass is 32.2. The topological polar surface area (TPSA) is 90.9 Å². The van der Waals surface area contributed by atoms with Gasteiger partial charge < -0.3 is 0 Å². The summed E-state index contributed by atoms with van der Waals surface area (Å²) < 4.78 is 24.8. The molecule has 2 N–H and O–H groups in total. The minimum absolute atomic E-state index is 0.113. The summed E-state index contributed by atoms with van der Waals surface area (Å²) in [5.41, 5.74) is 1.97. The van der Waals surface area contributed by atoms with Gasteiger partial charge in [0.1, 0.15) is 0 Å². The molecule has 1 heterocycles. The van der Waals surface area contributed by atoms with Gasteiger partial charge in [0.25, 0.3) is 15.2 Å². The van der Waals surface area contributed by atoms with Crippen molar-refractivity contribution in [3.8, 4) is 11.4 Å². The Morgan fingerprint density at radius 3 is 2.45 bits per heavy atom. The quantitative estimate of drug-likeness (QED) is 0.929. The molecule has 0 bridgehead atoms. The average molecular weight is 294 g/mol. The second-order valence-electron chi connectivity index (χ2n) is 4.83. The van der Waals surface area contributed by atoms with Crippen molar-refractivity contribution in [2.24, 2.45) is 5.14 Å². The summed E-state index contributed by atoms with van der Waals surface area (Å²) in [5.74, 6) is 0.529. The van der Waals surface area contributed by atoms with Crippen molar-refractivity contribution in [3.63, 3.8) is 0 Å². The lowest BCUT2D eigenvalue weighted by Gasteiger charge is -2.14. The van der Waals surface area contributed by atoms with Crippen molar-refractivity contribution in [2.75, 3.05) is 0 Å². The largest absolute Gasteiger partial charge is 0.294 e. The van der Waals surface area contributed by atoms with Gasteiger partial charge in [0.05, 0.1) is 0 Å². The van der Waals surface area contributed by atoms with E-state index in [1.54, 1.807) is 4.57 Å². The van der Waals surface area contributed by atoms with Gasteiger partial charge >= 0.3 is 0 Å². The zero-order valence-corrected chi connectivity index (χ0v) is 12.6. The van der Waals surface area contributed by atoms with E-state index in [0.29, 0.717) is 5.82 Å². The summed E-state index contributed by atoms with van der Waals surface area (Å²) in [7, 11) is -3.90. The van der Waals surface area contributed by atoms with E-state index in [9.17, 15) is 8.42 Å². The minimum Gasteiger partial charge on any atom is -0.294 e. The van der Waals surface area contributed by atoms with E-state index >= 15 is 0 Å². The van der Waals surface area contributed by atoms with Gasteiger partial charge in [-0.1, -0.05) is 31.2 Å². The molecule has 0 saturated carbocycles. The van der Waals surface area contributed by atoms with Crippen molar-refractivity contribution < 1.29 is 8.42 Å². The summed E-state index contributed by atoms with van der Waals surface area (Å²) >= 11 is 0. The van der Waals surface area contributed by atoms with Crippen LogP contribution in [-0.2, 0) is 16.4 Å². The molecule has 0 atom stereocenters. The Bertz CT molecular complexity index is 720. The van der Waals surface area contributed by atoms with Crippen molar-refractivity contribution in [1.29, 1.82) is 0 Å². The molecule has 0 radical (unpaired) electrons. The molecule has 7 heteroatoms. The van der Waals surface area contributed by atoms with Gasteiger partial charge in [0, 0.05) is 11.6 Å². The molecule has 0 aliphatic heterocycles. The first-order valence-electron chi connectivity index (χ1n) is 6.42. The molecule has 0 fully saturated rings. The molecule has 0 aliphatic carbocycles. The molecule has 20 heavy (non-hydrogen) atoms. The maximum Gasteiger partial charge on any atom is 0.273 e. The molecule has 2 rings (SSSR count). The van der Waals surface area contributed by atoms with Gasteiger partial charge in [0.15, 0.2) is 5.82 Å². The van der Waals surface area contributed by atoms with Crippen LogP contribution >= 0.6 is 0 Å². The Balaban J connectivity index is 2.73. The summed E-state index contributed by atoms with van der Waals surface area (Å²) in [6.07, 6.45) is 0.825. The van der Waals surface area contributed by atoms with Gasteiger partial charge in [-0.05, 0) is 25.8 Å². The standard InChI is InChI=1S/C13H18N4O2S/c1-4-10-7-5-6-8-11(10)12-15-16-13(20(14,18)19)17(12)9(2)3/h5-9H,4H2,1-3H3,(H2,14,18,19). The van der Waals surface area contributed by atoms with E-state index in [0.717, 1.165) is 17.5 Å². The number of nitrogens with two attached hydrogens (primary N) is 1. The zero-order chi connectivity index (χ0) is 14.9. The van der Waals surface area contributed by atoms with Crippen LogP contribution in [0.4, 0.5) is 0 Å². The third-order valence-corrected chi connectivity index (χ3v) is 3.86. The second kappa shape index (κ2) is 5.34. The number of rotatable bonds is 4. The molecule has 0 aliphatic rings. The number of nitrogens with zero attached hydrogens (tertiary/aromatic N) is 3. The third kappa shape index (κ3) is 2.59. The lowest BCUT2D eigenvalue weighted by atomic mass is 10.0. The Kier molecular flexibility index (Phi) is 3.92. The van der Waals surface area contributed by atoms with Crippen LogP contribution in [0.5, 0.6) is 0 Å². The van der Waals surface area contributed by atoms with Crippen molar-refractivity contribution in [1.82, 2.24) is 14.8 Å². The van der Waals surface area contributed by atoms with E-state index in [1.165, 1.54) is 0 Å². The first kappa shape index (κ1) is 14.7. The first-order valence-corrected chi connectivity index (χ1v) is 7.96. The molecular weight excluding hydrogens is 276 g/mol. The number of primary sulfonamides is 1. The van der Waals surface area contributed by atoms with Gasteiger partial charge in [-0.15, -0.1) is 10.2 Å². The Hall–Kier alpha value is -1.73.